The summed E-state index contributed by atoms with van der Waals surface area (Å²) < 4.78 is 13.0. The summed E-state index contributed by atoms with van der Waals surface area (Å²) in [4.78, 5) is 24.5. The average molecular weight is 445 g/mol. The Hall–Kier alpha value is -3.26. The number of furan rings is 1. The highest BCUT2D eigenvalue weighted by molar-refractivity contribution is 6.31. The number of nitrogens with zero attached hydrogens (tertiary/aromatic N) is 2. The van der Waals surface area contributed by atoms with E-state index in [1.165, 1.54) is 11.7 Å². The summed E-state index contributed by atoms with van der Waals surface area (Å²) in [6.07, 6.45) is 1.55. The summed E-state index contributed by atoms with van der Waals surface area (Å²) >= 11 is 6.24. The largest absolute Gasteiger partial charge is 0.485 e. The van der Waals surface area contributed by atoms with Crippen LogP contribution in [-0.2, 0) is 13.7 Å². The molecule has 0 atom stereocenters. The van der Waals surface area contributed by atoms with Gasteiger partial charge in [0, 0.05) is 25.3 Å². The summed E-state index contributed by atoms with van der Waals surface area (Å²) in [6, 6.07) is 7.04. The van der Waals surface area contributed by atoms with Crippen molar-refractivity contribution in [2.24, 2.45) is 7.05 Å². The number of amides is 2. The van der Waals surface area contributed by atoms with Crippen molar-refractivity contribution in [1.82, 2.24) is 15.1 Å². The monoisotopic (exact) mass is 444 g/mol. The summed E-state index contributed by atoms with van der Waals surface area (Å²) in [5, 5.41) is 9.90. The molecule has 0 saturated heterocycles. The molecule has 0 radical (unpaired) electrons. The predicted molar refractivity (Wildman–Crippen MR) is 118 cm³/mol. The molecule has 9 heteroatoms. The zero-order chi connectivity index (χ0) is 22.7. The number of benzene rings is 1. The van der Waals surface area contributed by atoms with Crippen LogP contribution in [-0.4, -0.2) is 28.6 Å². The molecule has 31 heavy (non-hydrogen) atoms. The van der Waals surface area contributed by atoms with Crippen molar-refractivity contribution in [2.75, 3.05) is 12.4 Å². The van der Waals surface area contributed by atoms with Crippen molar-refractivity contribution in [1.29, 1.82) is 0 Å². The Balaban J connectivity index is 1.71. The molecular formula is C22H25ClN4O4. The molecule has 0 unspecified atom stereocenters. The highest BCUT2D eigenvalue weighted by Crippen LogP contribution is 2.32. The minimum atomic E-state index is -0.491. The van der Waals surface area contributed by atoms with E-state index in [2.05, 4.69) is 29.6 Å². The number of halogens is 1. The number of hydrogen-bond acceptors (Lipinski definition) is 5. The maximum absolute atomic E-state index is 12.6. The highest BCUT2D eigenvalue weighted by atomic mass is 35.5. The molecule has 3 rings (SSSR count). The van der Waals surface area contributed by atoms with Gasteiger partial charge in [-0.2, -0.15) is 5.10 Å². The van der Waals surface area contributed by atoms with Gasteiger partial charge in [0.15, 0.2) is 11.5 Å². The molecule has 2 heterocycles. The third kappa shape index (κ3) is 5.08. The molecule has 0 bridgehead atoms. The Morgan fingerprint density at radius 3 is 2.68 bits per heavy atom. The minimum absolute atomic E-state index is 0.0988. The summed E-state index contributed by atoms with van der Waals surface area (Å²) in [6.45, 7) is 6.20. The first-order chi connectivity index (χ1) is 14.7. The molecule has 0 fully saturated rings. The van der Waals surface area contributed by atoms with Crippen LogP contribution in [0, 0.1) is 6.92 Å². The Kier molecular flexibility index (Phi) is 6.70. The molecule has 3 aromatic rings. The van der Waals surface area contributed by atoms with Crippen molar-refractivity contribution in [2.45, 2.75) is 33.3 Å². The number of rotatable bonds is 7. The zero-order valence-corrected chi connectivity index (χ0v) is 18.8. The van der Waals surface area contributed by atoms with E-state index in [0.717, 1.165) is 16.9 Å². The van der Waals surface area contributed by atoms with Gasteiger partial charge in [0.1, 0.15) is 18.1 Å². The van der Waals surface area contributed by atoms with Gasteiger partial charge in [0.05, 0.1) is 5.69 Å². The van der Waals surface area contributed by atoms with Crippen LogP contribution in [0.2, 0.25) is 5.02 Å². The lowest BCUT2D eigenvalue weighted by Gasteiger charge is -2.15. The SMILES string of the molecule is CNC(=O)c1nn(C)cc1NC(=O)c1ccc(COc2cc(C)c(Cl)cc2C(C)C)o1. The second-order valence-electron chi connectivity index (χ2n) is 7.45. The van der Waals surface area contributed by atoms with Crippen molar-refractivity contribution in [3.8, 4) is 5.75 Å². The maximum Gasteiger partial charge on any atom is 0.291 e. The van der Waals surface area contributed by atoms with Crippen LogP contribution in [0.5, 0.6) is 5.75 Å². The average Bonchev–Trinajstić information content (AvgIpc) is 3.34. The van der Waals surface area contributed by atoms with E-state index in [0.29, 0.717) is 16.5 Å². The second-order valence-corrected chi connectivity index (χ2v) is 7.85. The zero-order valence-electron chi connectivity index (χ0n) is 18.1. The van der Waals surface area contributed by atoms with Crippen LogP contribution < -0.4 is 15.4 Å². The Morgan fingerprint density at radius 2 is 2.00 bits per heavy atom. The fraction of sp³-hybridized carbons (Fsp3) is 0.318. The fourth-order valence-corrected chi connectivity index (χ4v) is 3.20. The lowest BCUT2D eigenvalue weighted by molar-refractivity contribution is 0.0958. The molecule has 0 spiro atoms. The van der Waals surface area contributed by atoms with Gasteiger partial charge < -0.3 is 19.8 Å². The fourth-order valence-electron chi connectivity index (χ4n) is 3.02. The smallest absolute Gasteiger partial charge is 0.291 e. The van der Waals surface area contributed by atoms with Crippen LogP contribution in [0.4, 0.5) is 5.69 Å². The molecule has 2 N–H and O–H groups in total. The van der Waals surface area contributed by atoms with Crippen LogP contribution in [0.25, 0.3) is 0 Å². The molecule has 2 amide bonds. The Labute approximate surface area is 185 Å². The summed E-state index contributed by atoms with van der Waals surface area (Å²) in [5.41, 5.74) is 2.33. The number of hydrogen-bond donors (Lipinski definition) is 2. The topological polar surface area (TPSA) is 98.4 Å². The predicted octanol–water partition coefficient (Wildman–Crippen LogP) is 4.29. The number of anilines is 1. The van der Waals surface area contributed by atoms with E-state index in [9.17, 15) is 9.59 Å². The van der Waals surface area contributed by atoms with E-state index in [1.54, 1.807) is 25.4 Å². The molecule has 0 aliphatic rings. The van der Waals surface area contributed by atoms with Gasteiger partial charge in [-0.1, -0.05) is 25.4 Å². The maximum atomic E-state index is 12.6. The Bertz CT molecular complexity index is 1120. The molecule has 164 valence electrons. The van der Waals surface area contributed by atoms with E-state index in [-0.39, 0.29) is 24.0 Å². The van der Waals surface area contributed by atoms with Crippen LogP contribution >= 0.6 is 11.6 Å². The first kappa shape index (κ1) is 22.4. The van der Waals surface area contributed by atoms with Crippen LogP contribution in [0.1, 0.15) is 57.7 Å². The molecule has 0 saturated carbocycles. The van der Waals surface area contributed by atoms with Crippen LogP contribution in [0.3, 0.4) is 0 Å². The van der Waals surface area contributed by atoms with Crippen molar-refractivity contribution < 1.29 is 18.7 Å². The van der Waals surface area contributed by atoms with Gasteiger partial charge in [-0.3, -0.25) is 14.3 Å². The van der Waals surface area contributed by atoms with Gasteiger partial charge in [-0.15, -0.1) is 0 Å². The standard InChI is InChI=1S/C22H25ClN4O4/c1-12(2)15-9-16(23)13(3)8-19(15)30-11-14-6-7-18(31-14)21(28)25-17-10-27(5)26-20(17)22(29)24-4/h6-10,12H,11H2,1-5H3,(H,24,29)(H,25,28). The van der Waals surface area contributed by atoms with Crippen molar-refractivity contribution in [3.05, 3.63) is 63.8 Å². The number of carbonyl (C=O) groups excluding carboxylic acids is 2. The number of aromatic nitrogens is 2. The highest BCUT2D eigenvalue weighted by Gasteiger charge is 2.19. The van der Waals surface area contributed by atoms with Gasteiger partial charge in [-0.05, 0) is 48.2 Å². The van der Waals surface area contributed by atoms with Crippen molar-refractivity contribution >= 4 is 29.1 Å². The minimum Gasteiger partial charge on any atom is -0.485 e. The first-order valence-corrected chi connectivity index (χ1v) is 10.2. The summed E-state index contributed by atoms with van der Waals surface area (Å²) in [7, 11) is 3.16. The van der Waals surface area contributed by atoms with Crippen LogP contribution in [0.15, 0.2) is 34.9 Å². The molecule has 2 aromatic heterocycles. The molecule has 0 aliphatic heterocycles. The van der Waals surface area contributed by atoms with Gasteiger partial charge in [-0.25, -0.2) is 0 Å². The molecular weight excluding hydrogens is 420 g/mol. The second kappa shape index (κ2) is 9.26. The van der Waals surface area contributed by atoms with E-state index >= 15 is 0 Å². The van der Waals surface area contributed by atoms with E-state index in [1.807, 2.05) is 19.1 Å². The Morgan fingerprint density at radius 1 is 1.26 bits per heavy atom. The van der Waals surface area contributed by atoms with Gasteiger partial charge >= 0.3 is 0 Å². The molecule has 1 aromatic carbocycles. The quantitative estimate of drug-likeness (QED) is 0.566. The van der Waals surface area contributed by atoms with Gasteiger partial charge in [0.25, 0.3) is 11.8 Å². The number of carbonyl (C=O) groups is 2. The normalized spacial score (nSPS) is 10.9. The number of ether oxygens (including phenoxy) is 1. The number of aryl methyl sites for hydroxylation is 2. The van der Waals surface area contributed by atoms with E-state index < -0.39 is 11.8 Å². The van der Waals surface area contributed by atoms with Gasteiger partial charge in [0.2, 0.25) is 0 Å². The lowest BCUT2D eigenvalue weighted by Crippen LogP contribution is -2.21. The number of nitrogens with one attached hydrogen (secondary N) is 2. The third-order valence-electron chi connectivity index (χ3n) is 4.69. The van der Waals surface area contributed by atoms with Crippen molar-refractivity contribution in [3.63, 3.8) is 0 Å². The first-order valence-electron chi connectivity index (χ1n) is 9.78. The third-order valence-corrected chi connectivity index (χ3v) is 5.09. The van der Waals surface area contributed by atoms with E-state index in [4.69, 9.17) is 20.8 Å². The molecule has 8 nitrogen and oxygen atoms in total. The lowest BCUT2D eigenvalue weighted by atomic mass is 10.0. The molecule has 0 aliphatic carbocycles. The summed E-state index contributed by atoms with van der Waals surface area (Å²) in [5.74, 6) is 0.662.